The van der Waals surface area contributed by atoms with Gasteiger partial charge < -0.3 is 5.11 Å². The molecule has 1 N–H and O–H groups in total. The Morgan fingerprint density at radius 1 is 1.29 bits per heavy atom. The van der Waals surface area contributed by atoms with Gasteiger partial charge >= 0.3 is 5.97 Å². The van der Waals surface area contributed by atoms with Gasteiger partial charge in [-0.2, -0.15) is 0 Å². The lowest BCUT2D eigenvalue weighted by molar-refractivity contribution is -0.148. The summed E-state index contributed by atoms with van der Waals surface area (Å²) < 4.78 is 0. The highest BCUT2D eigenvalue weighted by Gasteiger charge is 2.46. The quantitative estimate of drug-likeness (QED) is 0.737. The van der Waals surface area contributed by atoms with E-state index in [1.807, 2.05) is 0 Å². The van der Waals surface area contributed by atoms with Crippen molar-refractivity contribution in [2.24, 2.45) is 29.6 Å². The van der Waals surface area contributed by atoms with E-state index in [0.29, 0.717) is 17.8 Å². The summed E-state index contributed by atoms with van der Waals surface area (Å²) in [4.78, 5) is 11.3. The standard InChI is InChI=1S/C12H20O2/c1-7(2)10-6-8-3-4-9(5-8)11(10)12(13)14/h7-11H,3-6H2,1-2H3,(H,13,14)/t8-,9+,10+,11?/m0/s1. The summed E-state index contributed by atoms with van der Waals surface area (Å²) in [6.45, 7) is 4.34. The summed E-state index contributed by atoms with van der Waals surface area (Å²) in [5.41, 5.74) is 0. The molecule has 0 aromatic heterocycles. The second-order valence-corrected chi connectivity index (χ2v) is 5.45. The van der Waals surface area contributed by atoms with Gasteiger partial charge in [-0.3, -0.25) is 4.79 Å². The minimum Gasteiger partial charge on any atom is -0.481 e. The summed E-state index contributed by atoms with van der Waals surface area (Å²) in [5, 5.41) is 9.28. The van der Waals surface area contributed by atoms with Crippen molar-refractivity contribution in [1.82, 2.24) is 0 Å². The fraction of sp³-hybridized carbons (Fsp3) is 0.917. The lowest BCUT2D eigenvalue weighted by Gasteiger charge is -2.36. The van der Waals surface area contributed by atoms with Crippen molar-refractivity contribution in [3.63, 3.8) is 0 Å². The average Bonchev–Trinajstić information content (AvgIpc) is 2.46. The van der Waals surface area contributed by atoms with Crippen LogP contribution in [0, 0.1) is 29.6 Å². The van der Waals surface area contributed by atoms with Crippen molar-refractivity contribution in [1.29, 1.82) is 0 Å². The molecule has 14 heavy (non-hydrogen) atoms. The van der Waals surface area contributed by atoms with Crippen molar-refractivity contribution in [3.8, 4) is 0 Å². The van der Waals surface area contributed by atoms with E-state index in [0.717, 1.165) is 18.8 Å². The van der Waals surface area contributed by atoms with Crippen LogP contribution in [-0.2, 0) is 4.79 Å². The van der Waals surface area contributed by atoms with Gasteiger partial charge in [0.05, 0.1) is 5.92 Å². The molecule has 0 saturated heterocycles. The molecule has 2 aliphatic rings. The molecule has 0 spiro atoms. The molecule has 2 heteroatoms. The summed E-state index contributed by atoms with van der Waals surface area (Å²) >= 11 is 0. The number of aliphatic carboxylic acids is 1. The smallest absolute Gasteiger partial charge is 0.307 e. The fourth-order valence-electron chi connectivity index (χ4n) is 3.61. The second-order valence-electron chi connectivity index (χ2n) is 5.45. The highest BCUT2D eigenvalue weighted by molar-refractivity contribution is 5.71. The number of hydrogen-bond acceptors (Lipinski definition) is 1. The maximum atomic E-state index is 11.3. The first-order chi connectivity index (χ1) is 6.59. The third kappa shape index (κ3) is 1.55. The van der Waals surface area contributed by atoms with Crippen molar-refractivity contribution >= 4 is 5.97 Å². The fourth-order valence-corrected chi connectivity index (χ4v) is 3.61. The molecular weight excluding hydrogens is 176 g/mol. The Hall–Kier alpha value is -0.530. The van der Waals surface area contributed by atoms with Crippen LogP contribution in [0.3, 0.4) is 0 Å². The molecule has 0 radical (unpaired) electrons. The zero-order valence-corrected chi connectivity index (χ0v) is 9.07. The molecule has 2 fully saturated rings. The first-order valence-corrected chi connectivity index (χ1v) is 5.82. The second kappa shape index (κ2) is 3.56. The van der Waals surface area contributed by atoms with Gasteiger partial charge in [-0.25, -0.2) is 0 Å². The Balaban J connectivity index is 2.18. The Morgan fingerprint density at radius 2 is 2.00 bits per heavy atom. The molecular formula is C12H20O2. The molecule has 80 valence electrons. The topological polar surface area (TPSA) is 37.3 Å². The first-order valence-electron chi connectivity index (χ1n) is 5.82. The molecule has 2 aliphatic carbocycles. The third-order valence-electron chi connectivity index (χ3n) is 4.30. The normalized spacial score (nSPS) is 41.6. The van der Waals surface area contributed by atoms with E-state index in [9.17, 15) is 9.90 Å². The van der Waals surface area contributed by atoms with E-state index >= 15 is 0 Å². The Kier molecular flexibility index (Phi) is 2.54. The lowest BCUT2D eigenvalue weighted by atomic mass is 9.68. The van der Waals surface area contributed by atoms with Crippen LogP contribution in [0.1, 0.15) is 39.5 Å². The molecule has 2 rings (SSSR count). The van der Waals surface area contributed by atoms with Crippen LogP contribution in [-0.4, -0.2) is 11.1 Å². The summed E-state index contributed by atoms with van der Waals surface area (Å²) in [6, 6.07) is 0. The van der Waals surface area contributed by atoms with Crippen LogP contribution in [0.25, 0.3) is 0 Å². The summed E-state index contributed by atoms with van der Waals surface area (Å²) in [6.07, 6.45) is 4.77. The predicted molar refractivity (Wildman–Crippen MR) is 54.9 cm³/mol. The van der Waals surface area contributed by atoms with Crippen molar-refractivity contribution in [3.05, 3.63) is 0 Å². The average molecular weight is 196 g/mol. The summed E-state index contributed by atoms with van der Waals surface area (Å²) in [7, 11) is 0. The number of fused-ring (bicyclic) bond motifs is 2. The SMILES string of the molecule is CC(C)[C@H]1C[C@H]2CC[C@H](C2)C1C(=O)O. The van der Waals surface area contributed by atoms with Gasteiger partial charge in [0.15, 0.2) is 0 Å². The van der Waals surface area contributed by atoms with Crippen LogP contribution >= 0.6 is 0 Å². The highest BCUT2D eigenvalue weighted by Crippen LogP contribution is 2.50. The van der Waals surface area contributed by atoms with Crippen LogP contribution < -0.4 is 0 Å². The predicted octanol–water partition coefficient (Wildman–Crippen LogP) is 2.78. The van der Waals surface area contributed by atoms with E-state index in [1.54, 1.807) is 0 Å². The van der Waals surface area contributed by atoms with Gasteiger partial charge in [0, 0.05) is 0 Å². The third-order valence-corrected chi connectivity index (χ3v) is 4.30. The lowest BCUT2D eigenvalue weighted by Crippen LogP contribution is -2.36. The van der Waals surface area contributed by atoms with Gasteiger partial charge in [0.2, 0.25) is 0 Å². The maximum Gasteiger partial charge on any atom is 0.307 e. The number of carboxylic acids is 1. The van der Waals surface area contributed by atoms with Crippen LogP contribution in [0.15, 0.2) is 0 Å². The van der Waals surface area contributed by atoms with E-state index in [-0.39, 0.29) is 5.92 Å². The highest BCUT2D eigenvalue weighted by atomic mass is 16.4. The maximum absolute atomic E-state index is 11.3. The molecule has 2 bridgehead atoms. The van der Waals surface area contributed by atoms with Crippen LogP contribution in [0.2, 0.25) is 0 Å². The largest absolute Gasteiger partial charge is 0.481 e. The molecule has 0 amide bonds. The number of carbonyl (C=O) groups is 1. The Labute approximate surface area is 85.7 Å². The van der Waals surface area contributed by atoms with Gasteiger partial charge in [-0.15, -0.1) is 0 Å². The first kappa shape index (κ1) is 10.0. The molecule has 4 atom stereocenters. The van der Waals surface area contributed by atoms with Gasteiger partial charge in [-0.05, 0) is 42.9 Å². The molecule has 0 aromatic carbocycles. The Bertz CT molecular complexity index is 234. The molecule has 0 heterocycles. The van der Waals surface area contributed by atoms with Gasteiger partial charge in [0.25, 0.3) is 0 Å². The zero-order valence-electron chi connectivity index (χ0n) is 9.07. The van der Waals surface area contributed by atoms with Crippen molar-refractivity contribution in [2.75, 3.05) is 0 Å². The van der Waals surface area contributed by atoms with Gasteiger partial charge in [-0.1, -0.05) is 20.3 Å². The minimum absolute atomic E-state index is 0.0475. The molecule has 1 unspecified atom stereocenters. The van der Waals surface area contributed by atoms with E-state index in [4.69, 9.17) is 0 Å². The van der Waals surface area contributed by atoms with Crippen molar-refractivity contribution in [2.45, 2.75) is 39.5 Å². The molecule has 0 aromatic rings. The Morgan fingerprint density at radius 3 is 2.57 bits per heavy atom. The van der Waals surface area contributed by atoms with Crippen molar-refractivity contribution < 1.29 is 9.90 Å². The van der Waals surface area contributed by atoms with Gasteiger partial charge in [0.1, 0.15) is 0 Å². The van der Waals surface area contributed by atoms with E-state index in [1.165, 1.54) is 12.8 Å². The number of rotatable bonds is 2. The van der Waals surface area contributed by atoms with E-state index in [2.05, 4.69) is 13.8 Å². The molecule has 0 aliphatic heterocycles. The molecule has 2 saturated carbocycles. The van der Waals surface area contributed by atoms with E-state index < -0.39 is 5.97 Å². The van der Waals surface area contributed by atoms with Crippen LogP contribution in [0.5, 0.6) is 0 Å². The summed E-state index contributed by atoms with van der Waals surface area (Å²) in [5.74, 6) is 1.68. The monoisotopic (exact) mass is 196 g/mol. The number of hydrogen-bond donors (Lipinski definition) is 1. The van der Waals surface area contributed by atoms with Crippen LogP contribution in [0.4, 0.5) is 0 Å². The number of carboxylic acid groups (broad SMARTS) is 1. The minimum atomic E-state index is -0.547. The molecule has 2 nitrogen and oxygen atoms in total. The zero-order chi connectivity index (χ0) is 10.3.